The Morgan fingerprint density at radius 1 is 1.53 bits per heavy atom. The summed E-state index contributed by atoms with van der Waals surface area (Å²) in [5, 5.41) is 13.0. The fraction of sp³-hybridized carbons (Fsp3) is 0.538. The summed E-state index contributed by atoms with van der Waals surface area (Å²) in [6.07, 6.45) is 4.12. The summed E-state index contributed by atoms with van der Waals surface area (Å²) < 4.78 is 14.3. The molecule has 1 atom stereocenters. The molecule has 1 aromatic carbocycles. The highest BCUT2D eigenvalue weighted by atomic mass is 79.9. The minimum Gasteiger partial charge on any atom is -0.504 e. The molecule has 0 radical (unpaired) electrons. The average molecular weight is 302 g/mol. The predicted octanol–water partition coefficient (Wildman–Crippen LogP) is 3.29. The van der Waals surface area contributed by atoms with Crippen LogP contribution in [0.5, 0.6) is 5.75 Å². The molecule has 0 saturated carbocycles. The minimum atomic E-state index is -0.491. The number of benzene rings is 1. The van der Waals surface area contributed by atoms with Crippen LogP contribution in [0.1, 0.15) is 30.4 Å². The number of phenols is 1. The van der Waals surface area contributed by atoms with Gasteiger partial charge in [-0.1, -0.05) is 12.5 Å². The van der Waals surface area contributed by atoms with Crippen LogP contribution in [0.3, 0.4) is 0 Å². The van der Waals surface area contributed by atoms with Crippen molar-refractivity contribution in [3.05, 3.63) is 27.5 Å². The second-order valence-corrected chi connectivity index (χ2v) is 5.47. The van der Waals surface area contributed by atoms with Crippen molar-refractivity contribution in [2.75, 3.05) is 6.54 Å². The molecule has 17 heavy (non-hydrogen) atoms. The summed E-state index contributed by atoms with van der Waals surface area (Å²) in [6.45, 7) is 2.87. The van der Waals surface area contributed by atoms with Gasteiger partial charge < -0.3 is 10.4 Å². The molecule has 0 aromatic heterocycles. The maximum atomic E-state index is 13.9. The molecule has 0 aliphatic carbocycles. The lowest BCUT2D eigenvalue weighted by Gasteiger charge is -2.24. The van der Waals surface area contributed by atoms with Crippen molar-refractivity contribution in [3.8, 4) is 5.75 Å². The Labute approximate surface area is 109 Å². The molecule has 1 heterocycles. The van der Waals surface area contributed by atoms with Gasteiger partial charge in [0.2, 0.25) is 0 Å². The van der Waals surface area contributed by atoms with Crippen LogP contribution in [0, 0.1) is 12.7 Å². The normalized spacial score (nSPS) is 20.5. The van der Waals surface area contributed by atoms with E-state index in [-0.39, 0.29) is 5.75 Å². The highest BCUT2D eigenvalue weighted by Crippen LogP contribution is 2.33. The number of rotatable bonds is 2. The third-order valence-corrected chi connectivity index (χ3v) is 4.31. The van der Waals surface area contributed by atoms with E-state index in [1.807, 2.05) is 13.0 Å². The van der Waals surface area contributed by atoms with Gasteiger partial charge in [-0.05, 0) is 59.8 Å². The number of piperidine rings is 1. The van der Waals surface area contributed by atoms with Crippen molar-refractivity contribution >= 4 is 15.9 Å². The lowest BCUT2D eigenvalue weighted by molar-refractivity contribution is 0.387. The maximum Gasteiger partial charge on any atom is 0.169 e. The Hall–Kier alpha value is -0.610. The van der Waals surface area contributed by atoms with Gasteiger partial charge in [0.25, 0.3) is 0 Å². The standard InChI is InChI=1S/C13H17BrFNO/c1-8-6-9(12(15)13(17)11(8)14)7-10-4-2-3-5-16-10/h6,10,16-17H,2-5,7H2,1H3. The van der Waals surface area contributed by atoms with Gasteiger partial charge >= 0.3 is 0 Å². The molecule has 1 aromatic rings. The molecule has 94 valence electrons. The number of halogens is 2. The van der Waals surface area contributed by atoms with E-state index < -0.39 is 5.82 Å². The summed E-state index contributed by atoms with van der Waals surface area (Å²) in [4.78, 5) is 0. The van der Waals surface area contributed by atoms with Gasteiger partial charge in [-0.2, -0.15) is 0 Å². The van der Waals surface area contributed by atoms with Gasteiger partial charge in [0.05, 0.1) is 4.47 Å². The van der Waals surface area contributed by atoms with E-state index in [1.165, 1.54) is 12.8 Å². The first-order valence-corrected chi connectivity index (χ1v) is 6.78. The Morgan fingerprint density at radius 3 is 2.94 bits per heavy atom. The molecule has 2 N–H and O–H groups in total. The van der Waals surface area contributed by atoms with Gasteiger partial charge in [0.15, 0.2) is 11.6 Å². The molecule has 0 bridgehead atoms. The molecule has 0 amide bonds. The summed E-state index contributed by atoms with van der Waals surface area (Å²) in [6, 6.07) is 2.15. The van der Waals surface area contributed by atoms with Crippen molar-refractivity contribution in [1.82, 2.24) is 5.32 Å². The molecule has 4 heteroatoms. The zero-order valence-electron chi connectivity index (χ0n) is 9.89. The Bertz CT molecular complexity index is 416. The van der Waals surface area contributed by atoms with E-state index in [2.05, 4.69) is 21.2 Å². The van der Waals surface area contributed by atoms with Crippen LogP contribution in [0.2, 0.25) is 0 Å². The van der Waals surface area contributed by atoms with Gasteiger partial charge in [0, 0.05) is 6.04 Å². The van der Waals surface area contributed by atoms with E-state index in [4.69, 9.17) is 0 Å². The van der Waals surface area contributed by atoms with Gasteiger partial charge in [-0.3, -0.25) is 0 Å². The Morgan fingerprint density at radius 2 is 2.29 bits per heavy atom. The largest absolute Gasteiger partial charge is 0.504 e. The average Bonchev–Trinajstić information content (AvgIpc) is 2.35. The van der Waals surface area contributed by atoms with Crippen LogP contribution in [0.15, 0.2) is 10.5 Å². The quantitative estimate of drug-likeness (QED) is 0.878. The van der Waals surface area contributed by atoms with E-state index in [0.29, 0.717) is 22.5 Å². The van der Waals surface area contributed by atoms with Crippen LogP contribution in [-0.2, 0) is 6.42 Å². The summed E-state index contributed by atoms with van der Waals surface area (Å²) in [7, 11) is 0. The first-order valence-electron chi connectivity index (χ1n) is 5.99. The number of hydrogen-bond acceptors (Lipinski definition) is 2. The van der Waals surface area contributed by atoms with Crippen molar-refractivity contribution < 1.29 is 9.50 Å². The second-order valence-electron chi connectivity index (χ2n) is 4.68. The summed E-state index contributed by atoms with van der Waals surface area (Å²) >= 11 is 3.18. The lowest BCUT2D eigenvalue weighted by Crippen LogP contribution is -2.35. The maximum absolute atomic E-state index is 13.9. The fourth-order valence-corrected chi connectivity index (χ4v) is 2.62. The molecule has 0 spiro atoms. The van der Waals surface area contributed by atoms with E-state index >= 15 is 0 Å². The second kappa shape index (κ2) is 5.36. The molecule has 1 fully saturated rings. The third kappa shape index (κ3) is 2.80. The van der Waals surface area contributed by atoms with Gasteiger partial charge in [0.1, 0.15) is 0 Å². The van der Waals surface area contributed by atoms with E-state index in [9.17, 15) is 9.50 Å². The van der Waals surface area contributed by atoms with Crippen molar-refractivity contribution in [1.29, 1.82) is 0 Å². The number of aryl methyl sites for hydroxylation is 1. The molecule has 2 nitrogen and oxygen atoms in total. The van der Waals surface area contributed by atoms with Crippen LogP contribution in [-0.4, -0.2) is 17.7 Å². The zero-order chi connectivity index (χ0) is 12.4. The first-order chi connectivity index (χ1) is 8.09. The van der Waals surface area contributed by atoms with Crippen LogP contribution in [0.4, 0.5) is 4.39 Å². The lowest BCUT2D eigenvalue weighted by atomic mass is 9.96. The first kappa shape index (κ1) is 12.8. The Kier molecular flexibility index (Phi) is 4.05. The minimum absolute atomic E-state index is 0.268. The molecular weight excluding hydrogens is 285 g/mol. The van der Waals surface area contributed by atoms with E-state index in [1.54, 1.807) is 0 Å². The number of phenolic OH excluding ortho intramolecular Hbond substituents is 1. The molecule has 1 saturated heterocycles. The SMILES string of the molecule is Cc1cc(CC2CCCCN2)c(F)c(O)c1Br. The number of aromatic hydroxyl groups is 1. The third-order valence-electron chi connectivity index (χ3n) is 3.31. The van der Waals surface area contributed by atoms with E-state index in [0.717, 1.165) is 18.5 Å². The molecule has 1 aliphatic heterocycles. The van der Waals surface area contributed by atoms with Crippen LogP contribution < -0.4 is 5.32 Å². The molecule has 2 rings (SSSR count). The molecule has 1 aliphatic rings. The number of nitrogens with one attached hydrogen (secondary N) is 1. The highest BCUT2D eigenvalue weighted by molar-refractivity contribution is 9.10. The highest BCUT2D eigenvalue weighted by Gasteiger charge is 2.19. The summed E-state index contributed by atoms with van der Waals surface area (Å²) in [5.41, 5.74) is 1.47. The van der Waals surface area contributed by atoms with Gasteiger partial charge in [-0.15, -0.1) is 0 Å². The smallest absolute Gasteiger partial charge is 0.169 e. The van der Waals surface area contributed by atoms with Crippen LogP contribution >= 0.6 is 15.9 Å². The van der Waals surface area contributed by atoms with Crippen LogP contribution in [0.25, 0.3) is 0 Å². The molecular formula is C13H17BrFNO. The summed E-state index contributed by atoms with van der Waals surface area (Å²) in [5.74, 6) is -0.759. The molecule has 1 unspecified atom stereocenters. The van der Waals surface area contributed by atoms with Gasteiger partial charge in [-0.25, -0.2) is 4.39 Å². The topological polar surface area (TPSA) is 32.3 Å². The monoisotopic (exact) mass is 301 g/mol. The zero-order valence-corrected chi connectivity index (χ0v) is 11.5. The van der Waals surface area contributed by atoms with Crippen molar-refractivity contribution in [2.45, 2.75) is 38.6 Å². The van der Waals surface area contributed by atoms with Crippen molar-refractivity contribution in [2.24, 2.45) is 0 Å². The van der Waals surface area contributed by atoms with Crippen molar-refractivity contribution in [3.63, 3.8) is 0 Å². The number of hydrogen-bond donors (Lipinski definition) is 2. The predicted molar refractivity (Wildman–Crippen MR) is 69.8 cm³/mol. The fourth-order valence-electron chi connectivity index (χ4n) is 2.34. The Balaban J connectivity index is 2.20.